The van der Waals surface area contributed by atoms with E-state index in [0.29, 0.717) is 5.33 Å². The molecule has 80 valence electrons. The summed E-state index contributed by atoms with van der Waals surface area (Å²) in [6.45, 7) is 0. The molecule has 0 saturated heterocycles. The van der Waals surface area contributed by atoms with Crippen molar-refractivity contribution >= 4 is 27.5 Å². The van der Waals surface area contributed by atoms with E-state index < -0.39 is 11.7 Å². The second-order valence-corrected chi connectivity index (χ2v) is 3.66. The van der Waals surface area contributed by atoms with Crippen LogP contribution in [0.15, 0.2) is 18.2 Å². The van der Waals surface area contributed by atoms with Crippen LogP contribution in [0, 0.1) is 11.8 Å². The highest BCUT2D eigenvalue weighted by Gasteiger charge is 2.30. The Kier molecular flexibility index (Phi) is 4.06. The van der Waals surface area contributed by atoms with Crippen molar-refractivity contribution in [2.45, 2.75) is 6.18 Å². The van der Waals surface area contributed by atoms with E-state index in [0.717, 1.165) is 12.1 Å². The summed E-state index contributed by atoms with van der Waals surface area (Å²) in [5.41, 5.74) is -0.525. The minimum atomic E-state index is -4.39. The number of hydrogen-bond acceptors (Lipinski definition) is 0. The number of hydrogen-bond donors (Lipinski definition) is 0. The zero-order valence-electron chi connectivity index (χ0n) is 7.33. The second-order valence-electron chi connectivity index (χ2n) is 2.66. The molecule has 0 amide bonds. The molecule has 0 aliphatic heterocycles. The minimum absolute atomic E-state index is 0.0312. The topological polar surface area (TPSA) is 0 Å². The van der Waals surface area contributed by atoms with Gasteiger partial charge in [-0.15, -0.1) is 0 Å². The highest BCUT2D eigenvalue weighted by atomic mass is 79.9. The van der Waals surface area contributed by atoms with Crippen molar-refractivity contribution in [2.75, 3.05) is 5.33 Å². The number of rotatable bonds is 0. The zero-order chi connectivity index (χ0) is 11.5. The first-order valence-corrected chi connectivity index (χ1v) is 5.36. The molecule has 1 rings (SSSR count). The van der Waals surface area contributed by atoms with Gasteiger partial charge in [0.05, 0.1) is 10.9 Å². The summed E-state index contributed by atoms with van der Waals surface area (Å²) in [6.07, 6.45) is -4.39. The van der Waals surface area contributed by atoms with Crippen LogP contribution >= 0.6 is 27.5 Å². The molecule has 0 spiro atoms. The van der Waals surface area contributed by atoms with E-state index in [2.05, 4.69) is 27.8 Å². The standard InChI is InChI=1S/C10H5BrClF3/c11-3-1-2-7-4-8(10(13,14)15)6-9(12)5-7/h4-6H,3H2. The molecule has 0 nitrogen and oxygen atoms in total. The van der Waals surface area contributed by atoms with Gasteiger partial charge in [0.25, 0.3) is 0 Å². The fourth-order valence-corrected chi connectivity index (χ4v) is 1.34. The summed E-state index contributed by atoms with van der Waals surface area (Å²) < 4.78 is 37.1. The molecule has 0 saturated carbocycles. The van der Waals surface area contributed by atoms with Gasteiger partial charge in [0.1, 0.15) is 0 Å². The molecule has 0 radical (unpaired) electrons. The lowest BCUT2D eigenvalue weighted by molar-refractivity contribution is -0.137. The molecule has 0 aromatic heterocycles. The largest absolute Gasteiger partial charge is 0.416 e. The Morgan fingerprint density at radius 3 is 2.47 bits per heavy atom. The van der Waals surface area contributed by atoms with Crippen LogP contribution in [0.5, 0.6) is 0 Å². The third-order valence-electron chi connectivity index (χ3n) is 1.52. The van der Waals surface area contributed by atoms with Crippen LogP contribution in [-0.4, -0.2) is 5.33 Å². The Hall–Kier alpha value is -0.660. The van der Waals surface area contributed by atoms with Crippen molar-refractivity contribution in [3.63, 3.8) is 0 Å². The fourth-order valence-electron chi connectivity index (χ4n) is 0.961. The maximum absolute atomic E-state index is 12.4. The van der Waals surface area contributed by atoms with E-state index >= 15 is 0 Å². The lowest BCUT2D eigenvalue weighted by Gasteiger charge is -2.07. The maximum Gasteiger partial charge on any atom is 0.416 e. The fraction of sp³-hybridized carbons (Fsp3) is 0.200. The molecule has 5 heteroatoms. The van der Waals surface area contributed by atoms with Gasteiger partial charge in [-0.25, -0.2) is 0 Å². The first-order valence-electron chi connectivity index (χ1n) is 3.86. The van der Waals surface area contributed by atoms with Crippen LogP contribution in [0.25, 0.3) is 0 Å². The quantitative estimate of drug-likeness (QED) is 0.499. The van der Waals surface area contributed by atoms with E-state index in [-0.39, 0.29) is 10.6 Å². The number of alkyl halides is 4. The molecule has 15 heavy (non-hydrogen) atoms. The van der Waals surface area contributed by atoms with Crippen molar-refractivity contribution in [1.82, 2.24) is 0 Å². The molecule has 0 bridgehead atoms. The van der Waals surface area contributed by atoms with Crippen molar-refractivity contribution in [3.8, 4) is 11.8 Å². The van der Waals surface area contributed by atoms with Gasteiger partial charge in [0.15, 0.2) is 0 Å². The summed E-state index contributed by atoms with van der Waals surface area (Å²) >= 11 is 8.61. The predicted octanol–water partition coefficient (Wildman–Crippen LogP) is 4.11. The molecule has 0 N–H and O–H groups in total. The Balaban J connectivity index is 3.17. The Morgan fingerprint density at radius 2 is 1.93 bits per heavy atom. The summed E-state index contributed by atoms with van der Waals surface area (Å²) in [5.74, 6) is 5.18. The van der Waals surface area contributed by atoms with Crippen LogP contribution < -0.4 is 0 Å². The number of halogens is 5. The van der Waals surface area contributed by atoms with Crippen LogP contribution in [0.3, 0.4) is 0 Å². The van der Waals surface area contributed by atoms with Crippen LogP contribution in [0.2, 0.25) is 5.02 Å². The lowest BCUT2D eigenvalue weighted by atomic mass is 10.1. The van der Waals surface area contributed by atoms with Gasteiger partial charge in [-0.05, 0) is 18.2 Å². The average molecular weight is 298 g/mol. The second kappa shape index (κ2) is 4.91. The van der Waals surface area contributed by atoms with Gasteiger partial charge in [-0.3, -0.25) is 0 Å². The van der Waals surface area contributed by atoms with E-state index in [1.165, 1.54) is 6.07 Å². The van der Waals surface area contributed by atoms with Crippen molar-refractivity contribution in [3.05, 3.63) is 34.3 Å². The molecule has 0 fully saturated rings. The Labute approximate surface area is 98.6 Å². The van der Waals surface area contributed by atoms with Crippen molar-refractivity contribution < 1.29 is 13.2 Å². The molecule has 1 aromatic rings. The molecule has 0 aliphatic carbocycles. The third-order valence-corrected chi connectivity index (χ3v) is 2.02. The molecular formula is C10H5BrClF3. The van der Waals surface area contributed by atoms with Gasteiger partial charge in [-0.1, -0.05) is 39.4 Å². The molecule has 0 unspecified atom stereocenters. The summed E-state index contributed by atoms with van der Waals surface area (Å²) in [5, 5.41) is 0.435. The van der Waals surface area contributed by atoms with Gasteiger partial charge in [0, 0.05) is 10.6 Å². The SMILES string of the molecule is FC(F)(F)c1cc(Cl)cc(C#CCBr)c1. The van der Waals surface area contributed by atoms with E-state index in [9.17, 15) is 13.2 Å². The summed E-state index contributed by atoms with van der Waals surface area (Å²) in [7, 11) is 0. The van der Waals surface area contributed by atoms with E-state index in [1.54, 1.807) is 0 Å². The van der Waals surface area contributed by atoms with Gasteiger partial charge >= 0.3 is 6.18 Å². The Bertz CT molecular complexity index is 415. The molecule has 0 heterocycles. The van der Waals surface area contributed by atoms with Crippen LogP contribution in [0.1, 0.15) is 11.1 Å². The normalized spacial score (nSPS) is 10.7. The van der Waals surface area contributed by atoms with Gasteiger partial charge in [0.2, 0.25) is 0 Å². The smallest absolute Gasteiger partial charge is 0.166 e. The highest BCUT2D eigenvalue weighted by molar-refractivity contribution is 9.09. The van der Waals surface area contributed by atoms with Crippen molar-refractivity contribution in [1.29, 1.82) is 0 Å². The summed E-state index contributed by atoms with van der Waals surface area (Å²) in [4.78, 5) is 0. The molecule has 0 atom stereocenters. The third kappa shape index (κ3) is 3.77. The monoisotopic (exact) mass is 296 g/mol. The first-order chi connectivity index (χ1) is 6.93. The maximum atomic E-state index is 12.4. The first kappa shape index (κ1) is 12.4. The Morgan fingerprint density at radius 1 is 1.27 bits per heavy atom. The average Bonchev–Trinajstić information content (AvgIpc) is 2.12. The molecular weight excluding hydrogens is 292 g/mol. The van der Waals surface area contributed by atoms with Gasteiger partial charge in [-0.2, -0.15) is 13.2 Å². The number of benzene rings is 1. The van der Waals surface area contributed by atoms with E-state index in [1.807, 2.05) is 0 Å². The van der Waals surface area contributed by atoms with Crippen LogP contribution in [0.4, 0.5) is 13.2 Å². The molecule has 0 aliphatic rings. The predicted molar refractivity (Wildman–Crippen MR) is 57.1 cm³/mol. The molecule has 1 aromatic carbocycles. The minimum Gasteiger partial charge on any atom is -0.166 e. The van der Waals surface area contributed by atoms with Crippen molar-refractivity contribution in [2.24, 2.45) is 0 Å². The van der Waals surface area contributed by atoms with E-state index in [4.69, 9.17) is 11.6 Å². The highest BCUT2D eigenvalue weighted by Crippen LogP contribution is 2.31. The van der Waals surface area contributed by atoms with Crippen LogP contribution in [-0.2, 0) is 6.18 Å². The van der Waals surface area contributed by atoms with Gasteiger partial charge < -0.3 is 0 Å². The zero-order valence-corrected chi connectivity index (χ0v) is 9.67. The summed E-state index contributed by atoms with van der Waals surface area (Å²) in [6, 6.07) is 3.24. The lowest BCUT2D eigenvalue weighted by Crippen LogP contribution is -2.05.